The van der Waals surface area contributed by atoms with Crippen molar-refractivity contribution in [2.75, 3.05) is 6.54 Å². The molecule has 2 fully saturated rings. The highest BCUT2D eigenvalue weighted by atomic mass is 16.4. The summed E-state index contributed by atoms with van der Waals surface area (Å²) in [6.07, 6.45) is 4.33. The van der Waals surface area contributed by atoms with E-state index in [-0.39, 0.29) is 11.6 Å². The van der Waals surface area contributed by atoms with Crippen LogP contribution in [0.5, 0.6) is 0 Å². The average molecular weight is 226 g/mol. The number of carbonyl (C=O) groups excluding carboxylic acids is 1. The minimum atomic E-state index is -0.893. The van der Waals surface area contributed by atoms with Crippen molar-refractivity contribution in [3.8, 4) is 0 Å². The monoisotopic (exact) mass is 226 g/mol. The van der Waals surface area contributed by atoms with E-state index < -0.39 is 12.0 Å². The van der Waals surface area contributed by atoms with Gasteiger partial charge in [-0.25, -0.2) is 9.59 Å². The summed E-state index contributed by atoms with van der Waals surface area (Å²) in [7, 11) is 0. The van der Waals surface area contributed by atoms with Crippen molar-refractivity contribution < 1.29 is 14.7 Å². The summed E-state index contributed by atoms with van der Waals surface area (Å²) >= 11 is 0. The molecule has 0 radical (unpaired) electrons. The fourth-order valence-electron chi connectivity index (χ4n) is 2.07. The SMILES string of the molecule is CC1(NC(=O)N2CCCCC2C(=O)O)CC1. The molecule has 1 heterocycles. The number of aliphatic carboxylic acids is 1. The fourth-order valence-corrected chi connectivity index (χ4v) is 2.07. The van der Waals surface area contributed by atoms with Crippen molar-refractivity contribution in [3.05, 3.63) is 0 Å². The molecule has 16 heavy (non-hydrogen) atoms. The lowest BCUT2D eigenvalue weighted by Crippen LogP contribution is -2.54. The summed E-state index contributed by atoms with van der Waals surface area (Å²) in [4.78, 5) is 24.4. The van der Waals surface area contributed by atoms with Crippen LogP contribution < -0.4 is 5.32 Å². The number of rotatable bonds is 2. The van der Waals surface area contributed by atoms with E-state index in [9.17, 15) is 9.59 Å². The van der Waals surface area contributed by atoms with E-state index in [1.165, 1.54) is 4.90 Å². The van der Waals surface area contributed by atoms with Crippen LogP contribution in [0.4, 0.5) is 4.79 Å². The van der Waals surface area contributed by atoms with Crippen molar-refractivity contribution in [2.24, 2.45) is 0 Å². The second-order valence-electron chi connectivity index (χ2n) is 5.03. The Bertz CT molecular complexity index is 312. The smallest absolute Gasteiger partial charge is 0.326 e. The topological polar surface area (TPSA) is 69.6 Å². The van der Waals surface area contributed by atoms with E-state index in [0.717, 1.165) is 25.7 Å². The van der Waals surface area contributed by atoms with E-state index in [4.69, 9.17) is 5.11 Å². The first-order valence-corrected chi connectivity index (χ1v) is 5.83. The molecule has 2 amide bonds. The number of carboxylic acid groups (broad SMARTS) is 1. The molecule has 1 aliphatic carbocycles. The molecule has 1 saturated carbocycles. The molecule has 2 rings (SSSR count). The van der Waals surface area contributed by atoms with E-state index in [2.05, 4.69) is 5.32 Å². The molecule has 90 valence electrons. The molecule has 5 heteroatoms. The highest BCUT2D eigenvalue weighted by Gasteiger charge is 2.41. The number of piperidine rings is 1. The lowest BCUT2D eigenvalue weighted by molar-refractivity contribution is -0.143. The van der Waals surface area contributed by atoms with Crippen molar-refractivity contribution in [1.82, 2.24) is 10.2 Å². The van der Waals surface area contributed by atoms with Crippen molar-refractivity contribution >= 4 is 12.0 Å². The number of hydrogen-bond donors (Lipinski definition) is 2. The Morgan fingerprint density at radius 3 is 2.62 bits per heavy atom. The summed E-state index contributed by atoms with van der Waals surface area (Å²) in [5.74, 6) is -0.893. The van der Waals surface area contributed by atoms with Gasteiger partial charge < -0.3 is 15.3 Å². The Kier molecular flexibility index (Phi) is 2.78. The number of carbonyl (C=O) groups is 2. The first kappa shape index (κ1) is 11.2. The largest absolute Gasteiger partial charge is 0.480 e. The molecule has 0 spiro atoms. The molecular weight excluding hydrogens is 208 g/mol. The maximum Gasteiger partial charge on any atom is 0.326 e. The summed E-state index contributed by atoms with van der Waals surface area (Å²) in [6, 6.07) is -0.858. The second-order valence-corrected chi connectivity index (χ2v) is 5.03. The van der Waals surface area contributed by atoms with Crippen LogP contribution in [0.15, 0.2) is 0 Å². The van der Waals surface area contributed by atoms with Crippen LogP contribution in [0.2, 0.25) is 0 Å². The maximum atomic E-state index is 11.9. The van der Waals surface area contributed by atoms with Crippen LogP contribution in [0.25, 0.3) is 0 Å². The molecule has 5 nitrogen and oxygen atoms in total. The Balaban J connectivity index is 1.99. The molecule has 0 bridgehead atoms. The van der Waals surface area contributed by atoms with E-state index >= 15 is 0 Å². The lowest BCUT2D eigenvalue weighted by atomic mass is 10.0. The summed E-state index contributed by atoms with van der Waals surface area (Å²) in [5, 5.41) is 12.0. The van der Waals surface area contributed by atoms with Gasteiger partial charge in [0, 0.05) is 12.1 Å². The van der Waals surface area contributed by atoms with E-state index in [0.29, 0.717) is 13.0 Å². The molecule has 1 atom stereocenters. The number of nitrogens with one attached hydrogen (secondary N) is 1. The molecule has 1 unspecified atom stereocenters. The number of hydrogen-bond acceptors (Lipinski definition) is 2. The summed E-state index contributed by atoms with van der Waals surface area (Å²) in [5.41, 5.74) is -0.0857. The Morgan fingerprint density at radius 1 is 1.38 bits per heavy atom. The van der Waals surface area contributed by atoms with Gasteiger partial charge in [0.2, 0.25) is 0 Å². The first-order chi connectivity index (χ1) is 7.52. The summed E-state index contributed by atoms with van der Waals surface area (Å²) < 4.78 is 0. The molecule has 0 aromatic heterocycles. The van der Waals surface area contributed by atoms with Crippen LogP contribution in [0, 0.1) is 0 Å². The van der Waals surface area contributed by atoms with Crippen LogP contribution in [0.1, 0.15) is 39.0 Å². The number of carboxylic acids is 1. The van der Waals surface area contributed by atoms with E-state index in [1.807, 2.05) is 6.92 Å². The van der Waals surface area contributed by atoms with Crippen LogP contribution in [-0.4, -0.2) is 40.1 Å². The van der Waals surface area contributed by atoms with Crippen LogP contribution >= 0.6 is 0 Å². The van der Waals surface area contributed by atoms with Crippen molar-refractivity contribution in [3.63, 3.8) is 0 Å². The summed E-state index contributed by atoms with van der Waals surface area (Å²) in [6.45, 7) is 2.55. The lowest BCUT2D eigenvalue weighted by Gasteiger charge is -2.33. The highest BCUT2D eigenvalue weighted by molar-refractivity contribution is 5.83. The van der Waals surface area contributed by atoms with Gasteiger partial charge in [-0.2, -0.15) is 0 Å². The predicted octanol–water partition coefficient (Wildman–Crippen LogP) is 1.19. The number of amides is 2. The molecule has 1 aliphatic heterocycles. The van der Waals surface area contributed by atoms with Gasteiger partial charge in [-0.05, 0) is 39.0 Å². The van der Waals surface area contributed by atoms with Gasteiger partial charge in [-0.1, -0.05) is 0 Å². The maximum absolute atomic E-state index is 11.9. The Labute approximate surface area is 94.8 Å². The number of urea groups is 1. The molecule has 0 aromatic carbocycles. The number of nitrogens with zero attached hydrogens (tertiary/aromatic N) is 1. The second kappa shape index (κ2) is 3.96. The van der Waals surface area contributed by atoms with Crippen LogP contribution in [-0.2, 0) is 4.79 Å². The van der Waals surface area contributed by atoms with Gasteiger partial charge in [-0.15, -0.1) is 0 Å². The molecular formula is C11H18N2O3. The van der Waals surface area contributed by atoms with Gasteiger partial charge in [0.1, 0.15) is 6.04 Å². The zero-order valence-electron chi connectivity index (χ0n) is 9.53. The molecule has 2 aliphatic rings. The fraction of sp³-hybridized carbons (Fsp3) is 0.818. The predicted molar refractivity (Wildman–Crippen MR) is 58.2 cm³/mol. The zero-order valence-corrected chi connectivity index (χ0v) is 9.53. The van der Waals surface area contributed by atoms with Crippen molar-refractivity contribution in [2.45, 2.75) is 50.6 Å². The van der Waals surface area contributed by atoms with Crippen LogP contribution in [0.3, 0.4) is 0 Å². The van der Waals surface area contributed by atoms with Crippen molar-refractivity contribution in [1.29, 1.82) is 0 Å². The first-order valence-electron chi connectivity index (χ1n) is 5.83. The minimum Gasteiger partial charge on any atom is -0.480 e. The Morgan fingerprint density at radius 2 is 2.06 bits per heavy atom. The van der Waals surface area contributed by atoms with E-state index in [1.54, 1.807) is 0 Å². The quantitative estimate of drug-likeness (QED) is 0.743. The number of likely N-dealkylation sites (tertiary alicyclic amines) is 1. The Hall–Kier alpha value is -1.26. The van der Waals surface area contributed by atoms with Gasteiger partial charge in [0.25, 0.3) is 0 Å². The minimum absolute atomic E-state index is 0.0857. The van der Waals surface area contributed by atoms with Gasteiger partial charge in [-0.3, -0.25) is 0 Å². The van der Waals surface area contributed by atoms with Gasteiger partial charge in [0.15, 0.2) is 0 Å². The van der Waals surface area contributed by atoms with Gasteiger partial charge in [0.05, 0.1) is 0 Å². The molecule has 1 saturated heterocycles. The van der Waals surface area contributed by atoms with Gasteiger partial charge >= 0.3 is 12.0 Å². The third kappa shape index (κ3) is 2.28. The average Bonchev–Trinajstić information content (AvgIpc) is 2.96. The molecule has 2 N–H and O–H groups in total. The highest BCUT2D eigenvalue weighted by Crippen LogP contribution is 2.34. The standard InChI is InChI=1S/C11H18N2O3/c1-11(5-6-11)12-10(16)13-7-3-2-4-8(13)9(14)15/h8H,2-7H2,1H3,(H,12,16)(H,14,15). The normalized spacial score (nSPS) is 27.3. The third-order valence-corrected chi connectivity index (χ3v) is 3.46. The zero-order chi connectivity index (χ0) is 11.8. The molecule has 0 aromatic rings. The third-order valence-electron chi connectivity index (χ3n) is 3.46.